The fourth-order valence-corrected chi connectivity index (χ4v) is 2.77. The van der Waals surface area contributed by atoms with Gasteiger partial charge in [0.05, 0.1) is 6.54 Å². The van der Waals surface area contributed by atoms with Gasteiger partial charge in [0.25, 0.3) is 5.91 Å². The molecule has 0 saturated carbocycles. The fourth-order valence-electron chi connectivity index (χ4n) is 2.77. The number of nitrogens with zero attached hydrogens (tertiary/aromatic N) is 2. The number of nitrogens with one attached hydrogen (secondary N) is 2. The Balaban J connectivity index is 1.42. The first-order chi connectivity index (χ1) is 12.2. The Morgan fingerprint density at radius 1 is 1.00 bits per heavy atom. The maximum atomic E-state index is 11.9. The van der Waals surface area contributed by atoms with E-state index < -0.39 is 0 Å². The van der Waals surface area contributed by atoms with Gasteiger partial charge in [-0.3, -0.25) is 9.59 Å². The third kappa shape index (κ3) is 4.79. The third-order valence-corrected chi connectivity index (χ3v) is 4.17. The van der Waals surface area contributed by atoms with E-state index in [0.29, 0.717) is 12.1 Å². The van der Waals surface area contributed by atoms with Crippen molar-refractivity contribution in [3.8, 4) is 0 Å². The number of pyridine rings is 1. The molecule has 1 fully saturated rings. The van der Waals surface area contributed by atoms with Crippen LogP contribution in [0.5, 0.6) is 0 Å². The molecule has 0 spiro atoms. The molecule has 1 aromatic heterocycles. The highest BCUT2D eigenvalue weighted by atomic mass is 16.2. The number of anilines is 1. The number of aromatic nitrogens is 1. The zero-order valence-corrected chi connectivity index (χ0v) is 14.1. The Labute approximate surface area is 147 Å². The predicted octanol–water partition coefficient (Wildman–Crippen LogP) is 1.73. The molecule has 130 valence electrons. The Morgan fingerprint density at radius 2 is 1.76 bits per heavy atom. The van der Waals surface area contributed by atoms with Crippen molar-refractivity contribution >= 4 is 17.6 Å². The summed E-state index contributed by atoms with van der Waals surface area (Å²) >= 11 is 0. The molecule has 6 nitrogen and oxygen atoms in total. The number of benzene rings is 1. The van der Waals surface area contributed by atoms with E-state index in [4.69, 9.17) is 0 Å². The highest BCUT2D eigenvalue weighted by molar-refractivity contribution is 5.96. The zero-order chi connectivity index (χ0) is 17.5. The fraction of sp³-hybridized carbons (Fsp3) is 0.316. The lowest BCUT2D eigenvalue weighted by Gasteiger charge is -2.16. The SMILES string of the molecule is O=C(CNC(=O)c1ccccc1)NCc1ccc(N2CCCC2)nc1. The van der Waals surface area contributed by atoms with Gasteiger partial charge in [-0.25, -0.2) is 4.98 Å². The van der Waals surface area contributed by atoms with Crippen LogP contribution in [0, 0.1) is 0 Å². The van der Waals surface area contributed by atoms with Crippen molar-refractivity contribution < 1.29 is 9.59 Å². The minimum Gasteiger partial charge on any atom is -0.357 e. The Hall–Kier alpha value is -2.89. The van der Waals surface area contributed by atoms with Crippen molar-refractivity contribution in [1.82, 2.24) is 15.6 Å². The summed E-state index contributed by atoms with van der Waals surface area (Å²) in [6, 6.07) is 12.8. The largest absolute Gasteiger partial charge is 0.357 e. The van der Waals surface area contributed by atoms with Crippen molar-refractivity contribution in [2.45, 2.75) is 19.4 Å². The molecule has 2 heterocycles. The molecule has 1 aliphatic rings. The molecule has 6 heteroatoms. The first kappa shape index (κ1) is 17.0. The van der Waals surface area contributed by atoms with E-state index in [-0.39, 0.29) is 18.4 Å². The molecule has 2 amide bonds. The minimum atomic E-state index is -0.257. The molecule has 0 atom stereocenters. The second-order valence-electron chi connectivity index (χ2n) is 6.04. The molecule has 1 aromatic carbocycles. The Kier molecular flexibility index (Phi) is 5.61. The standard InChI is InChI=1S/C19H22N4O2/c24-18(14-22-19(25)16-6-2-1-3-7-16)21-13-15-8-9-17(20-12-15)23-10-4-5-11-23/h1-3,6-9,12H,4-5,10-11,13-14H2,(H,21,24)(H,22,25). The minimum absolute atomic E-state index is 0.0486. The van der Waals surface area contributed by atoms with E-state index in [2.05, 4.69) is 20.5 Å². The highest BCUT2D eigenvalue weighted by Gasteiger charge is 2.13. The van der Waals surface area contributed by atoms with Gasteiger partial charge >= 0.3 is 0 Å². The Morgan fingerprint density at radius 3 is 2.44 bits per heavy atom. The van der Waals surface area contributed by atoms with Crippen LogP contribution in [0.1, 0.15) is 28.8 Å². The monoisotopic (exact) mass is 338 g/mol. The normalized spacial score (nSPS) is 13.5. The molecular weight excluding hydrogens is 316 g/mol. The molecule has 25 heavy (non-hydrogen) atoms. The molecular formula is C19H22N4O2. The Bertz CT molecular complexity index is 710. The van der Waals surface area contributed by atoms with Crippen LogP contribution in [0.4, 0.5) is 5.82 Å². The molecule has 0 bridgehead atoms. The van der Waals surface area contributed by atoms with Crippen molar-refractivity contribution in [2.24, 2.45) is 0 Å². The summed E-state index contributed by atoms with van der Waals surface area (Å²) in [5, 5.41) is 5.40. The van der Waals surface area contributed by atoms with Gasteiger partial charge in [0, 0.05) is 31.4 Å². The second kappa shape index (κ2) is 8.28. The van der Waals surface area contributed by atoms with Crippen LogP contribution in [0.25, 0.3) is 0 Å². The second-order valence-corrected chi connectivity index (χ2v) is 6.04. The molecule has 1 saturated heterocycles. The van der Waals surface area contributed by atoms with Gasteiger partial charge in [0.15, 0.2) is 0 Å². The first-order valence-electron chi connectivity index (χ1n) is 8.52. The number of hydrogen-bond acceptors (Lipinski definition) is 4. The molecule has 2 aromatic rings. The molecule has 0 aliphatic carbocycles. The van der Waals surface area contributed by atoms with E-state index in [9.17, 15) is 9.59 Å². The summed E-state index contributed by atoms with van der Waals surface area (Å²) < 4.78 is 0. The zero-order valence-electron chi connectivity index (χ0n) is 14.1. The molecule has 1 aliphatic heterocycles. The van der Waals surface area contributed by atoms with Gasteiger partial charge in [-0.2, -0.15) is 0 Å². The average Bonchev–Trinajstić information content (AvgIpc) is 3.20. The van der Waals surface area contributed by atoms with E-state index in [1.54, 1.807) is 30.5 Å². The smallest absolute Gasteiger partial charge is 0.251 e. The molecule has 0 radical (unpaired) electrons. The van der Waals surface area contributed by atoms with Crippen LogP contribution >= 0.6 is 0 Å². The van der Waals surface area contributed by atoms with Crippen molar-refractivity contribution in [3.63, 3.8) is 0 Å². The lowest BCUT2D eigenvalue weighted by atomic mass is 10.2. The molecule has 2 N–H and O–H groups in total. The quantitative estimate of drug-likeness (QED) is 0.841. The number of amides is 2. The summed E-state index contributed by atoms with van der Waals surface area (Å²) in [5.41, 5.74) is 1.47. The lowest BCUT2D eigenvalue weighted by molar-refractivity contribution is -0.120. The van der Waals surface area contributed by atoms with E-state index in [1.165, 1.54) is 12.8 Å². The van der Waals surface area contributed by atoms with Crippen molar-refractivity contribution in [1.29, 1.82) is 0 Å². The maximum absolute atomic E-state index is 11.9. The number of hydrogen-bond donors (Lipinski definition) is 2. The van der Waals surface area contributed by atoms with Crippen LogP contribution in [-0.2, 0) is 11.3 Å². The first-order valence-corrected chi connectivity index (χ1v) is 8.52. The third-order valence-electron chi connectivity index (χ3n) is 4.17. The van der Waals surface area contributed by atoms with Crippen LogP contribution < -0.4 is 15.5 Å². The molecule has 0 unspecified atom stereocenters. The van der Waals surface area contributed by atoms with E-state index >= 15 is 0 Å². The summed E-state index contributed by atoms with van der Waals surface area (Å²) in [6.07, 6.45) is 4.22. The van der Waals surface area contributed by atoms with Crippen molar-refractivity contribution in [2.75, 3.05) is 24.5 Å². The number of rotatable bonds is 6. The van der Waals surface area contributed by atoms with Crippen molar-refractivity contribution in [3.05, 3.63) is 59.8 Å². The van der Waals surface area contributed by atoms with Gasteiger partial charge in [-0.05, 0) is 36.6 Å². The summed E-state index contributed by atoms with van der Waals surface area (Å²) in [7, 11) is 0. The number of carbonyl (C=O) groups excluding carboxylic acids is 2. The lowest BCUT2D eigenvalue weighted by Crippen LogP contribution is -2.36. The van der Waals surface area contributed by atoms with Gasteiger partial charge in [0.1, 0.15) is 5.82 Å². The van der Waals surface area contributed by atoms with Crippen LogP contribution in [0.3, 0.4) is 0 Å². The van der Waals surface area contributed by atoms with Crippen LogP contribution in [-0.4, -0.2) is 36.4 Å². The summed E-state index contributed by atoms with van der Waals surface area (Å²) in [6.45, 7) is 2.47. The van der Waals surface area contributed by atoms with Crippen LogP contribution in [0.15, 0.2) is 48.7 Å². The predicted molar refractivity (Wildman–Crippen MR) is 96.3 cm³/mol. The maximum Gasteiger partial charge on any atom is 0.251 e. The topological polar surface area (TPSA) is 74.3 Å². The van der Waals surface area contributed by atoms with E-state index in [1.807, 2.05) is 18.2 Å². The summed E-state index contributed by atoms with van der Waals surface area (Å²) in [5.74, 6) is 0.503. The van der Waals surface area contributed by atoms with Gasteiger partial charge in [0.2, 0.25) is 5.91 Å². The average molecular weight is 338 g/mol. The molecule has 3 rings (SSSR count). The van der Waals surface area contributed by atoms with Gasteiger partial charge < -0.3 is 15.5 Å². The van der Waals surface area contributed by atoms with E-state index in [0.717, 1.165) is 24.5 Å². The highest BCUT2D eigenvalue weighted by Crippen LogP contribution is 2.17. The van der Waals surface area contributed by atoms with Crippen LogP contribution in [0.2, 0.25) is 0 Å². The number of carbonyl (C=O) groups is 2. The van der Waals surface area contributed by atoms with Gasteiger partial charge in [-0.15, -0.1) is 0 Å². The summed E-state index contributed by atoms with van der Waals surface area (Å²) in [4.78, 5) is 30.5. The van der Waals surface area contributed by atoms with Gasteiger partial charge in [-0.1, -0.05) is 24.3 Å².